The Morgan fingerprint density at radius 2 is 0.734 bits per heavy atom. The van der Waals surface area contributed by atoms with Crippen LogP contribution >= 0.6 is 0 Å². The van der Waals surface area contributed by atoms with Crippen molar-refractivity contribution < 1.29 is 9.47 Å². The topological polar surface area (TPSA) is 21.7 Å². The Morgan fingerprint density at radius 1 is 0.297 bits per heavy atom. The third-order valence-electron chi connectivity index (χ3n) is 13.3. The molecule has 10 aromatic carbocycles. The first-order chi connectivity index (χ1) is 31.7. The number of benzene rings is 10. The fourth-order valence-corrected chi connectivity index (χ4v) is 10.6. The Bertz CT molecular complexity index is 3400. The number of nitrogens with zero attached hydrogens (tertiary/aromatic N) is 1. The first kappa shape index (κ1) is 36.3. The Hall–Kier alpha value is -8.40. The van der Waals surface area contributed by atoms with Gasteiger partial charge >= 0.3 is 0 Å². The second-order valence-corrected chi connectivity index (χ2v) is 16.8. The van der Waals surface area contributed by atoms with Crippen molar-refractivity contribution >= 4 is 17.1 Å². The van der Waals surface area contributed by atoms with Crippen LogP contribution in [0.3, 0.4) is 0 Å². The van der Waals surface area contributed by atoms with E-state index in [1.165, 1.54) is 44.5 Å². The molecule has 0 radical (unpaired) electrons. The lowest BCUT2D eigenvalue weighted by molar-refractivity contribution is 0.361. The fraction of sp³-hybridized carbons (Fsp3) is 0.0164. The van der Waals surface area contributed by atoms with Crippen molar-refractivity contribution in [2.75, 3.05) is 4.90 Å². The number of hydrogen-bond donors (Lipinski definition) is 0. The second-order valence-electron chi connectivity index (χ2n) is 16.8. The monoisotopic (exact) mass is 817 g/mol. The maximum absolute atomic E-state index is 7.20. The summed E-state index contributed by atoms with van der Waals surface area (Å²) >= 11 is 0. The first-order valence-corrected chi connectivity index (χ1v) is 21.9. The van der Waals surface area contributed by atoms with Crippen LogP contribution in [-0.2, 0) is 5.41 Å². The zero-order valence-electron chi connectivity index (χ0n) is 34.8. The highest BCUT2D eigenvalue weighted by Gasteiger charge is 2.53. The Balaban J connectivity index is 0.956. The summed E-state index contributed by atoms with van der Waals surface area (Å²) in [6, 6.07) is 84.6. The largest absolute Gasteiger partial charge is 0.449 e. The van der Waals surface area contributed by atoms with E-state index in [0.717, 1.165) is 56.2 Å². The molecule has 2 aliphatic carbocycles. The summed E-state index contributed by atoms with van der Waals surface area (Å²) in [6.45, 7) is 0. The Morgan fingerprint density at radius 3 is 1.34 bits per heavy atom. The van der Waals surface area contributed by atoms with E-state index in [9.17, 15) is 0 Å². The molecule has 3 nitrogen and oxygen atoms in total. The number of hydrogen-bond acceptors (Lipinski definition) is 3. The van der Waals surface area contributed by atoms with Crippen LogP contribution in [0.1, 0.15) is 22.3 Å². The van der Waals surface area contributed by atoms with E-state index in [0.29, 0.717) is 17.2 Å². The van der Waals surface area contributed by atoms with Crippen LogP contribution in [0.4, 0.5) is 17.1 Å². The van der Waals surface area contributed by atoms with Gasteiger partial charge in [-0.15, -0.1) is 0 Å². The van der Waals surface area contributed by atoms with Crippen molar-refractivity contribution in [2.24, 2.45) is 0 Å². The van der Waals surface area contributed by atoms with Gasteiger partial charge in [-0.05, 0) is 115 Å². The van der Waals surface area contributed by atoms with Crippen molar-refractivity contribution in [3.05, 3.63) is 259 Å². The van der Waals surface area contributed by atoms with E-state index in [4.69, 9.17) is 9.47 Å². The standard InChI is InChI=1S/C61H39NO2/c1-3-16-40(17-4-1)42-32-34-43(35-33-42)45-21-14-23-47(39-45)62(46-22-13-20-44(38-46)41-18-5-2-6-19-41)55-30-15-31-56-59(55)63-57-37-36-54-58(60(57)64-56)50-26-9-12-29-53(50)61(54)51-27-10-7-24-48(51)49-25-8-11-28-52(49)61/h1-39H. The maximum atomic E-state index is 7.20. The molecule has 0 unspecified atom stereocenters. The van der Waals surface area contributed by atoms with Crippen LogP contribution in [0, 0.1) is 0 Å². The summed E-state index contributed by atoms with van der Waals surface area (Å²) in [7, 11) is 0. The quantitative estimate of drug-likeness (QED) is 0.167. The molecule has 0 amide bonds. The van der Waals surface area contributed by atoms with Gasteiger partial charge in [-0.3, -0.25) is 0 Å². The molecule has 3 aliphatic rings. The molecule has 1 spiro atoms. The normalized spacial score (nSPS) is 13.1. The maximum Gasteiger partial charge on any atom is 0.194 e. The van der Waals surface area contributed by atoms with Crippen molar-refractivity contribution in [3.63, 3.8) is 0 Å². The molecule has 300 valence electrons. The molecule has 0 atom stereocenters. The van der Waals surface area contributed by atoms with Gasteiger partial charge in [0, 0.05) is 16.9 Å². The van der Waals surface area contributed by atoms with Gasteiger partial charge in [0.15, 0.2) is 23.0 Å². The summed E-state index contributed by atoms with van der Waals surface area (Å²) < 4.78 is 14.4. The molecule has 1 heterocycles. The molecule has 0 aromatic heterocycles. The lowest BCUT2D eigenvalue weighted by atomic mass is 9.70. The molecule has 0 N–H and O–H groups in total. The van der Waals surface area contributed by atoms with Gasteiger partial charge in [0.05, 0.1) is 11.1 Å². The second kappa shape index (κ2) is 14.3. The third kappa shape index (κ3) is 5.41. The lowest BCUT2D eigenvalue weighted by Crippen LogP contribution is -2.25. The minimum atomic E-state index is -0.479. The first-order valence-electron chi connectivity index (χ1n) is 21.9. The van der Waals surface area contributed by atoms with E-state index >= 15 is 0 Å². The summed E-state index contributed by atoms with van der Waals surface area (Å²) in [4.78, 5) is 2.30. The smallest absolute Gasteiger partial charge is 0.194 e. The zero-order chi connectivity index (χ0) is 42.2. The van der Waals surface area contributed by atoms with Crippen LogP contribution < -0.4 is 14.4 Å². The Labute approximate surface area is 372 Å². The van der Waals surface area contributed by atoms with E-state index in [2.05, 4.69) is 235 Å². The molecule has 0 saturated heterocycles. The molecule has 13 rings (SSSR count). The minimum Gasteiger partial charge on any atom is -0.449 e. The third-order valence-corrected chi connectivity index (χ3v) is 13.3. The van der Waals surface area contributed by atoms with Gasteiger partial charge in [0.1, 0.15) is 0 Å². The zero-order valence-corrected chi connectivity index (χ0v) is 34.8. The number of rotatable bonds is 6. The lowest BCUT2D eigenvalue weighted by Gasteiger charge is -2.32. The molecule has 1 aliphatic heterocycles. The number of ether oxygens (including phenoxy) is 2. The van der Waals surface area contributed by atoms with Crippen LogP contribution in [0.2, 0.25) is 0 Å². The fourth-order valence-electron chi connectivity index (χ4n) is 10.6. The van der Waals surface area contributed by atoms with E-state index < -0.39 is 5.41 Å². The highest BCUT2D eigenvalue weighted by molar-refractivity contribution is 5.98. The van der Waals surface area contributed by atoms with Gasteiger partial charge in [-0.2, -0.15) is 0 Å². The minimum absolute atomic E-state index is 0.479. The van der Waals surface area contributed by atoms with Crippen molar-refractivity contribution in [2.45, 2.75) is 5.41 Å². The predicted octanol–water partition coefficient (Wildman–Crippen LogP) is 16.4. The summed E-state index contributed by atoms with van der Waals surface area (Å²) in [6.07, 6.45) is 0. The van der Waals surface area contributed by atoms with Gasteiger partial charge in [0.25, 0.3) is 0 Å². The average molecular weight is 818 g/mol. The van der Waals surface area contributed by atoms with Crippen LogP contribution in [0.5, 0.6) is 23.0 Å². The van der Waals surface area contributed by atoms with Gasteiger partial charge in [-0.1, -0.05) is 194 Å². The summed E-state index contributed by atoms with van der Waals surface area (Å²) in [5.41, 5.74) is 19.2. The van der Waals surface area contributed by atoms with E-state index in [-0.39, 0.29) is 0 Å². The molecular weight excluding hydrogens is 779 g/mol. The van der Waals surface area contributed by atoms with Crippen molar-refractivity contribution in [1.29, 1.82) is 0 Å². The van der Waals surface area contributed by atoms with Crippen LogP contribution in [0.15, 0.2) is 237 Å². The number of anilines is 3. The van der Waals surface area contributed by atoms with E-state index in [1.807, 2.05) is 6.07 Å². The van der Waals surface area contributed by atoms with Gasteiger partial charge in [-0.25, -0.2) is 0 Å². The molecule has 10 aromatic rings. The van der Waals surface area contributed by atoms with Crippen molar-refractivity contribution in [3.8, 4) is 78.6 Å². The summed E-state index contributed by atoms with van der Waals surface area (Å²) in [5.74, 6) is 2.76. The van der Waals surface area contributed by atoms with Gasteiger partial charge < -0.3 is 14.4 Å². The predicted molar refractivity (Wildman–Crippen MR) is 260 cm³/mol. The van der Waals surface area contributed by atoms with Gasteiger partial charge in [0.2, 0.25) is 0 Å². The molecule has 0 saturated carbocycles. The number of para-hydroxylation sites is 1. The average Bonchev–Trinajstić information content (AvgIpc) is 3.84. The van der Waals surface area contributed by atoms with E-state index in [1.54, 1.807) is 0 Å². The number of fused-ring (bicyclic) bond motifs is 13. The SMILES string of the molecule is c1ccc(-c2ccc(-c3cccc(N(c4cccc(-c5ccccc5)c4)c4cccc5c4Oc4ccc6c(c4O5)-c4ccccc4C64c5ccccc5-c5ccccc54)c3)cc2)cc1. The summed E-state index contributed by atoms with van der Waals surface area (Å²) in [5, 5.41) is 0. The molecule has 0 bridgehead atoms. The molecule has 64 heavy (non-hydrogen) atoms. The van der Waals surface area contributed by atoms with Crippen LogP contribution in [-0.4, -0.2) is 0 Å². The Kier molecular flexibility index (Phi) is 8.13. The van der Waals surface area contributed by atoms with Crippen molar-refractivity contribution in [1.82, 2.24) is 0 Å². The highest BCUT2D eigenvalue weighted by atomic mass is 16.6. The van der Waals surface area contributed by atoms with Crippen LogP contribution in [0.25, 0.3) is 55.6 Å². The molecular formula is C61H39NO2. The molecule has 3 heteroatoms. The highest BCUT2D eigenvalue weighted by Crippen LogP contribution is 2.66. The molecule has 0 fully saturated rings.